The zero-order valence-electron chi connectivity index (χ0n) is 12.3. The Morgan fingerprint density at radius 3 is 2.70 bits per heavy atom. The van der Waals surface area contributed by atoms with Gasteiger partial charge in [-0.1, -0.05) is 29.3 Å². The largest absolute Gasteiger partial charge is 0.299 e. The first-order valence-electron chi connectivity index (χ1n) is 7.14. The van der Waals surface area contributed by atoms with E-state index < -0.39 is 0 Å². The fourth-order valence-electron chi connectivity index (χ4n) is 2.80. The molecule has 4 nitrogen and oxygen atoms in total. The van der Waals surface area contributed by atoms with Gasteiger partial charge in [0, 0.05) is 23.7 Å². The number of halogens is 2. The van der Waals surface area contributed by atoms with Gasteiger partial charge in [-0.3, -0.25) is 14.5 Å². The number of imidazole rings is 1. The fourth-order valence-corrected chi connectivity index (χ4v) is 3.12. The Kier molecular flexibility index (Phi) is 3.43. The van der Waals surface area contributed by atoms with E-state index in [1.54, 1.807) is 6.20 Å². The van der Waals surface area contributed by atoms with Gasteiger partial charge in [0.1, 0.15) is 5.82 Å². The third-order valence-electron chi connectivity index (χ3n) is 3.83. The Hall–Kier alpha value is -2.17. The molecule has 0 N–H and O–H groups in total. The highest BCUT2D eigenvalue weighted by molar-refractivity contribution is 6.42. The molecule has 0 atom stereocenters. The second kappa shape index (κ2) is 5.48. The van der Waals surface area contributed by atoms with E-state index in [9.17, 15) is 0 Å². The third kappa shape index (κ3) is 2.35. The average Bonchev–Trinajstić information content (AvgIpc) is 2.84. The minimum absolute atomic E-state index is 0.476. The van der Waals surface area contributed by atoms with Crippen LogP contribution < -0.4 is 0 Å². The second-order valence-electron chi connectivity index (χ2n) is 5.31. The lowest BCUT2D eigenvalue weighted by Gasteiger charge is -2.14. The van der Waals surface area contributed by atoms with Crippen LogP contribution >= 0.6 is 23.2 Å². The molecule has 0 fully saturated rings. The van der Waals surface area contributed by atoms with Crippen molar-refractivity contribution in [3.05, 3.63) is 75.5 Å². The number of hydrogen-bond acceptors (Lipinski definition) is 3. The summed E-state index contributed by atoms with van der Waals surface area (Å²) in [4.78, 5) is 13.6. The number of nitrogens with zero attached hydrogens (tertiary/aromatic N) is 4. The molecule has 0 aliphatic carbocycles. The lowest BCUT2D eigenvalue weighted by Crippen LogP contribution is -2.09. The second-order valence-corrected chi connectivity index (χ2v) is 6.13. The molecular weight excluding hydrogens is 331 g/mol. The van der Waals surface area contributed by atoms with Crippen LogP contribution in [0, 0.1) is 6.92 Å². The maximum absolute atomic E-state index is 6.26. The van der Waals surface area contributed by atoms with Gasteiger partial charge in [0.2, 0.25) is 0 Å². The van der Waals surface area contributed by atoms with Gasteiger partial charge < -0.3 is 0 Å². The molecule has 23 heavy (non-hydrogen) atoms. The highest BCUT2D eigenvalue weighted by Crippen LogP contribution is 2.32. The van der Waals surface area contributed by atoms with Crippen LogP contribution in [-0.2, 0) is 6.54 Å². The Bertz CT molecular complexity index is 929. The van der Waals surface area contributed by atoms with Gasteiger partial charge in [-0.2, -0.15) is 0 Å². The molecule has 0 unspecified atom stereocenters. The summed E-state index contributed by atoms with van der Waals surface area (Å²) in [5.41, 5.74) is 4.45. The molecule has 3 aromatic rings. The van der Waals surface area contributed by atoms with Gasteiger partial charge in [-0.05, 0) is 31.2 Å². The van der Waals surface area contributed by atoms with Crippen LogP contribution in [0.15, 0.2) is 47.7 Å². The standard InChI is InChI=1S/C17H12Cl2N4/c1-10-8-21-16-9-22-17(14-4-2-3-5-20-14)11-6-12(18)13(19)7-15(11)23(10)16/h2-8H,9H2,1H3. The molecule has 0 radical (unpaired) electrons. The molecule has 0 spiro atoms. The first-order valence-corrected chi connectivity index (χ1v) is 7.89. The summed E-state index contributed by atoms with van der Waals surface area (Å²) in [6.07, 6.45) is 3.59. The van der Waals surface area contributed by atoms with Crippen LogP contribution in [0.3, 0.4) is 0 Å². The molecule has 114 valence electrons. The van der Waals surface area contributed by atoms with Crippen molar-refractivity contribution in [2.75, 3.05) is 0 Å². The van der Waals surface area contributed by atoms with Crippen molar-refractivity contribution in [3.63, 3.8) is 0 Å². The minimum atomic E-state index is 0.476. The van der Waals surface area contributed by atoms with Crippen molar-refractivity contribution >= 4 is 28.9 Å². The number of pyridine rings is 1. The van der Waals surface area contributed by atoms with E-state index in [2.05, 4.69) is 14.5 Å². The van der Waals surface area contributed by atoms with Crippen molar-refractivity contribution in [1.29, 1.82) is 0 Å². The Morgan fingerprint density at radius 2 is 1.91 bits per heavy atom. The summed E-state index contributed by atoms with van der Waals surface area (Å²) >= 11 is 12.5. The van der Waals surface area contributed by atoms with E-state index in [1.165, 1.54) is 0 Å². The van der Waals surface area contributed by atoms with E-state index >= 15 is 0 Å². The molecule has 1 aliphatic heterocycles. The molecule has 1 aromatic carbocycles. The van der Waals surface area contributed by atoms with E-state index in [1.807, 2.05) is 43.5 Å². The number of fused-ring (bicyclic) bond motifs is 3. The number of rotatable bonds is 1. The lowest BCUT2D eigenvalue weighted by molar-refractivity contribution is 0.863. The third-order valence-corrected chi connectivity index (χ3v) is 4.55. The number of aromatic nitrogens is 3. The summed E-state index contributed by atoms with van der Waals surface area (Å²) in [5, 5.41) is 1.00. The maximum atomic E-state index is 6.26. The molecular formula is C17H12Cl2N4. The molecule has 2 aromatic heterocycles. The number of aliphatic imine (C=N–C) groups is 1. The van der Waals surface area contributed by atoms with Gasteiger partial charge in [-0.25, -0.2) is 4.98 Å². The van der Waals surface area contributed by atoms with Gasteiger partial charge in [0.15, 0.2) is 0 Å². The van der Waals surface area contributed by atoms with Gasteiger partial charge in [-0.15, -0.1) is 0 Å². The van der Waals surface area contributed by atoms with Crippen molar-refractivity contribution in [1.82, 2.24) is 14.5 Å². The van der Waals surface area contributed by atoms with E-state index in [-0.39, 0.29) is 0 Å². The van der Waals surface area contributed by atoms with Crippen LogP contribution in [0.25, 0.3) is 5.69 Å². The molecule has 0 saturated heterocycles. The monoisotopic (exact) mass is 342 g/mol. The topological polar surface area (TPSA) is 43.1 Å². The highest BCUT2D eigenvalue weighted by Gasteiger charge is 2.22. The van der Waals surface area contributed by atoms with Crippen molar-refractivity contribution in [3.8, 4) is 5.69 Å². The van der Waals surface area contributed by atoms with E-state index in [4.69, 9.17) is 28.2 Å². The zero-order chi connectivity index (χ0) is 16.0. The fraction of sp³-hybridized carbons (Fsp3) is 0.118. The molecule has 6 heteroatoms. The highest BCUT2D eigenvalue weighted by atomic mass is 35.5. The molecule has 0 saturated carbocycles. The Balaban J connectivity index is 2.04. The zero-order valence-corrected chi connectivity index (χ0v) is 13.8. The molecule has 4 rings (SSSR count). The van der Waals surface area contributed by atoms with E-state index in [0.29, 0.717) is 16.6 Å². The number of aryl methyl sites for hydroxylation is 1. The Labute approximate surface area is 143 Å². The first-order chi connectivity index (χ1) is 11.1. The summed E-state index contributed by atoms with van der Waals surface area (Å²) in [7, 11) is 0. The predicted octanol–water partition coefficient (Wildman–Crippen LogP) is 4.23. The number of benzene rings is 1. The summed E-state index contributed by atoms with van der Waals surface area (Å²) in [6, 6.07) is 9.47. The summed E-state index contributed by atoms with van der Waals surface area (Å²) < 4.78 is 2.07. The lowest BCUT2D eigenvalue weighted by atomic mass is 10.0. The van der Waals surface area contributed by atoms with Crippen molar-refractivity contribution < 1.29 is 0 Å². The van der Waals surface area contributed by atoms with Gasteiger partial charge >= 0.3 is 0 Å². The van der Waals surface area contributed by atoms with Crippen molar-refractivity contribution in [2.45, 2.75) is 13.5 Å². The smallest absolute Gasteiger partial charge is 0.135 e. The number of hydrogen-bond donors (Lipinski definition) is 0. The summed E-state index contributed by atoms with van der Waals surface area (Å²) in [6.45, 7) is 2.48. The normalized spacial score (nSPS) is 13.1. The molecule has 3 heterocycles. The van der Waals surface area contributed by atoms with Gasteiger partial charge in [0.25, 0.3) is 0 Å². The Morgan fingerprint density at radius 1 is 1.09 bits per heavy atom. The van der Waals surface area contributed by atoms with Crippen molar-refractivity contribution in [2.24, 2.45) is 4.99 Å². The first kappa shape index (κ1) is 14.4. The van der Waals surface area contributed by atoms with Crippen LogP contribution in [0.4, 0.5) is 0 Å². The predicted molar refractivity (Wildman–Crippen MR) is 91.9 cm³/mol. The maximum Gasteiger partial charge on any atom is 0.135 e. The molecule has 0 bridgehead atoms. The van der Waals surface area contributed by atoms with E-state index in [0.717, 1.165) is 34.2 Å². The minimum Gasteiger partial charge on any atom is -0.299 e. The van der Waals surface area contributed by atoms with Gasteiger partial charge in [0.05, 0.1) is 33.7 Å². The summed E-state index contributed by atoms with van der Waals surface area (Å²) in [5.74, 6) is 0.869. The quantitative estimate of drug-likeness (QED) is 0.663. The van der Waals surface area contributed by atoms with Crippen LogP contribution in [0.2, 0.25) is 10.0 Å². The SMILES string of the molecule is Cc1cnc2n1-c1cc(Cl)c(Cl)cc1C(c1ccccn1)=NC2. The average molecular weight is 343 g/mol. The molecule has 1 aliphatic rings. The van der Waals surface area contributed by atoms with Crippen LogP contribution in [-0.4, -0.2) is 20.2 Å². The van der Waals surface area contributed by atoms with Crippen LogP contribution in [0.1, 0.15) is 22.8 Å². The molecule has 0 amide bonds. The van der Waals surface area contributed by atoms with Crippen LogP contribution in [0.5, 0.6) is 0 Å².